The van der Waals surface area contributed by atoms with Crippen LogP contribution in [0, 0.1) is 0 Å². The van der Waals surface area contributed by atoms with Crippen LogP contribution in [-0.4, -0.2) is 33.4 Å². The van der Waals surface area contributed by atoms with Gasteiger partial charge in [-0.05, 0) is 0 Å². The van der Waals surface area contributed by atoms with E-state index in [2.05, 4.69) is 76.8 Å². The van der Waals surface area contributed by atoms with Crippen molar-refractivity contribution in [3.05, 3.63) is 35.9 Å². The quantitative estimate of drug-likeness (QED) is 0.270. The summed E-state index contributed by atoms with van der Waals surface area (Å²) in [4.78, 5) is 2.85. The van der Waals surface area contributed by atoms with Crippen molar-refractivity contribution < 1.29 is 0 Å². The molecule has 0 amide bonds. The zero-order valence-corrected chi connectivity index (χ0v) is 21.5. The summed E-state index contributed by atoms with van der Waals surface area (Å²) in [6.45, 7) is 15.5. The minimum atomic E-state index is -2.15. The van der Waals surface area contributed by atoms with Crippen LogP contribution in [0.2, 0.25) is 13.3 Å². The summed E-state index contributed by atoms with van der Waals surface area (Å²) < 4.78 is 6.26. The van der Waals surface area contributed by atoms with E-state index in [1.807, 2.05) is 0 Å². The third kappa shape index (κ3) is 8.78. The number of nitrogens with zero attached hydrogens (tertiary/aromatic N) is 1. The molecule has 1 rings (SSSR count). The van der Waals surface area contributed by atoms with Gasteiger partial charge in [-0.25, -0.2) is 0 Å². The van der Waals surface area contributed by atoms with Crippen LogP contribution in [0.4, 0.5) is 0 Å². The van der Waals surface area contributed by atoms with Crippen molar-refractivity contribution >= 4 is 18.4 Å². The molecule has 0 aliphatic carbocycles. The standard InChI is InChI=1S/C12H18N.3C4H9.Sn/c1-12(2,3)13(4)10-11-8-6-5-7-9-11;3*1-3-4-2;/h5-9H,4,10H2,1-3H3;3*1,3-4H2,2H3;. The normalized spacial score (nSPS) is 12.7. The molecule has 0 N–H and O–H groups in total. The Bertz CT molecular complexity index is 441. The summed E-state index contributed by atoms with van der Waals surface area (Å²) >= 11 is -2.15. The molecule has 0 aromatic heterocycles. The van der Waals surface area contributed by atoms with Crippen LogP contribution in [0.25, 0.3) is 0 Å². The van der Waals surface area contributed by atoms with Crippen molar-refractivity contribution in [3.63, 3.8) is 0 Å². The second kappa shape index (κ2) is 12.4. The number of hydrogen-bond donors (Lipinski definition) is 0. The molecule has 1 aromatic carbocycles. The van der Waals surface area contributed by atoms with Crippen LogP contribution in [-0.2, 0) is 6.54 Å². The van der Waals surface area contributed by atoms with Gasteiger partial charge in [0.2, 0.25) is 0 Å². The molecule has 2 heteroatoms. The molecule has 0 aliphatic rings. The first-order chi connectivity index (χ1) is 12.4. The molecule has 0 heterocycles. The summed E-state index contributed by atoms with van der Waals surface area (Å²) in [6, 6.07) is 11.1. The van der Waals surface area contributed by atoms with Crippen LogP contribution in [0.15, 0.2) is 30.3 Å². The first kappa shape index (κ1) is 24.0. The fraction of sp³-hybridized carbons (Fsp3) is 0.750. The van der Waals surface area contributed by atoms with Gasteiger partial charge in [-0.3, -0.25) is 0 Å². The zero-order chi connectivity index (χ0) is 19.5. The van der Waals surface area contributed by atoms with Gasteiger partial charge < -0.3 is 0 Å². The van der Waals surface area contributed by atoms with Gasteiger partial charge in [0.15, 0.2) is 0 Å². The van der Waals surface area contributed by atoms with Gasteiger partial charge >= 0.3 is 169 Å². The van der Waals surface area contributed by atoms with E-state index in [0.29, 0.717) is 0 Å². The predicted molar refractivity (Wildman–Crippen MR) is 122 cm³/mol. The molecule has 0 unspecified atom stereocenters. The van der Waals surface area contributed by atoms with E-state index in [1.165, 1.54) is 48.6 Å². The van der Waals surface area contributed by atoms with Crippen LogP contribution in [0.5, 0.6) is 0 Å². The van der Waals surface area contributed by atoms with E-state index in [0.717, 1.165) is 6.54 Å². The summed E-state index contributed by atoms with van der Waals surface area (Å²) in [5, 5.41) is 0. The second-order valence-electron chi connectivity index (χ2n) is 9.32. The maximum atomic E-state index is 2.85. The van der Waals surface area contributed by atoms with Gasteiger partial charge in [0, 0.05) is 0 Å². The van der Waals surface area contributed by atoms with Gasteiger partial charge in [0.25, 0.3) is 0 Å². The summed E-state index contributed by atoms with van der Waals surface area (Å²) in [5.74, 6) is 0. The van der Waals surface area contributed by atoms with E-state index in [1.54, 1.807) is 13.3 Å². The Hall–Kier alpha value is -0.0213. The molecule has 0 bridgehead atoms. The van der Waals surface area contributed by atoms with Crippen molar-refractivity contribution in [2.45, 2.75) is 105 Å². The predicted octanol–water partition coefficient (Wildman–Crippen LogP) is 7.68. The Kier molecular flexibility index (Phi) is 11.5. The first-order valence-electron chi connectivity index (χ1n) is 11.2. The number of unbranched alkanes of at least 4 members (excludes halogenated alkanes) is 3. The molecular weight excluding hydrogens is 421 g/mol. The second-order valence-corrected chi connectivity index (χ2v) is 23.1. The van der Waals surface area contributed by atoms with Crippen LogP contribution < -0.4 is 0 Å². The average molecular weight is 466 g/mol. The average Bonchev–Trinajstić information content (AvgIpc) is 2.62. The summed E-state index contributed by atoms with van der Waals surface area (Å²) in [7, 11) is 0. The van der Waals surface area contributed by atoms with Crippen molar-refractivity contribution in [2.24, 2.45) is 0 Å². The molecule has 0 saturated heterocycles. The Morgan fingerprint density at radius 3 is 1.62 bits per heavy atom. The van der Waals surface area contributed by atoms with Gasteiger partial charge in [-0.15, -0.1) is 0 Å². The minimum absolute atomic E-state index is 0.253. The van der Waals surface area contributed by atoms with Gasteiger partial charge in [-0.2, -0.15) is 0 Å². The van der Waals surface area contributed by atoms with E-state index in [-0.39, 0.29) is 5.54 Å². The van der Waals surface area contributed by atoms with Crippen LogP contribution in [0.1, 0.15) is 85.6 Å². The monoisotopic (exact) mass is 467 g/mol. The Morgan fingerprint density at radius 2 is 1.23 bits per heavy atom. The van der Waals surface area contributed by atoms with Gasteiger partial charge in [-0.1, -0.05) is 0 Å². The Morgan fingerprint density at radius 1 is 0.769 bits per heavy atom. The third-order valence-corrected chi connectivity index (χ3v) is 21.0. The van der Waals surface area contributed by atoms with Crippen molar-refractivity contribution in [1.29, 1.82) is 0 Å². The van der Waals surface area contributed by atoms with Crippen molar-refractivity contribution in [2.75, 3.05) is 4.56 Å². The van der Waals surface area contributed by atoms with E-state index in [9.17, 15) is 0 Å². The number of benzene rings is 1. The van der Waals surface area contributed by atoms with Crippen LogP contribution >= 0.6 is 0 Å². The van der Waals surface area contributed by atoms with Gasteiger partial charge in [0.05, 0.1) is 0 Å². The summed E-state index contributed by atoms with van der Waals surface area (Å²) in [5.41, 5.74) is 1.73. The Balaban J connectivity index is 3.04. The number of rotatable bonds is 13. The molecule has 150 valence electrons. The topological polar surface area (TPSA) is 3.24 Å². The molecule has 0 spiro atoms. The SMILES string of the molecule is CCC[CH2][Sn]([CH2]CCC)([CH2]CCC)[CH2]N(Cc1ccccc1)C(C)(C)C. The molecule has 1 aromatic rings. The summed E-state index contributed by atoms with van der Waals surface area (Å²) in [6.07, 6.45) is 8.49. The van der Waals surface area contributed by atoms with E-state index >= 15 is 0 Å². The van der Waals surface area contributed by atoms with Crippen LogP contribution in [0.3, 0.4) is 0 Å². The van der Waals surface area contributed by atoms with Crippen molar-refractivity contribution in [1.82, 2.24) is 4.90 Å². The number of hydrogen-bond acceptors (Lipinski definition) is 1. The molecule has 1 nitrogen and oxygen atoms in total. The molecule has 26 heavy (non-hydrogen) atoms. The van der Waals surface area contributed by atoms with E-state index < -0.39 is 18.4 Å². The molecular formula is C24H45NSn. The fourth-order valence-corrected chi connectivity index (χ4v) is 20.9. The fourth-order valence-electron chi connectivity index (χ4n) is 4.01. The third-order valence-electron chi connectivity index (χ3n) is 5.87. The van der Waals surface area contributed by atoms with Crippen molar-refractivity contribution in [3.8, 4) is 0 Å². The first-order valence-corrected chi connectivity index (χ1v) is 19.2. The van der Waals surface area contributed by atoms with Gasteiger partial charge in [0.1, 0.15) is 0 Å². The maximum absolute atomic E-state index is 2.85. The molecule has 0 fully saturated rings. The molecule has 0 atom stereocenters. The zero-order valence-electron chi connectivity index (χ0n) is 18.6. The molecule has 0 aliphatic heterocycles. The molecule has 0 saturated carbocycles. The molecule has 0 radical (unpaired) electrons. The Labute approximate surface area is 168 Å². The van der Waals surface area contributed by atoms with E-state index in [4.69, 9.17) is 0 Å².